The number of nitrogens with one attached hydrogen (secondary N) is 1. The second-order valence-electron chi connectivity index (χ2n) is 7.79. The Bertz CT molecular complexity index is 891. The molecule has 7 nitrogen and oxygen atoms in total. The molecule has 2 amide bonds. The molecule has 1 N–H and O–H groups in total. The highest BCUT2D eigenvalue weighted by atomic mass is 16.5. The molecular weight excluding hydrogens is 394 g/mol. The van der Waals surface area contributed by atoms with Gasteiger partial charge in [-0.15, -0.1) is 0 Å². The number of hydrogen-bond acceptors (Lipinski definition) is 5. The number of amides is 2. The molecule has 0 aromatic heterocycles. The van der Waals surface area contributed by atoms with Crippen LogP contribution in [0.5, 0.6) is 0 Å². The fraction of sp³-hybridized carbons (Fsp3) is 0.375. The van der Waals surface area contributed by atoms with Crippen molar-refractivity contribution in [2.45, 2.75) is 32.9 Å². The van der Waals surface area contributed by atoms with Crippen LogP contribution in [-0.4, -0.2) is 54.9 Å². The first kappa shape index (κ1) is 22.3. The van der Waals surface area contributed by atoms with E-state index in [1.165, 1.54) is 0 Å². The van der Waals surface area contributed by atoms with Gasteiger partial charge in [-0.3, -0.25) is 9.59 Å². The van der Waals surface area contributed by atoms with Gasteiger partial charge in [-0.25, -0.2) is 4.79 Å². The van der Waals surface area contributed by atoms with Crippen LogP contribution < -0.4 is 10.2 Å². The highest BCUT2D eigenvalue weighted by Crippen LogP contribution is 2.18. The largest absolute Gasteiger partial charge is 0.445 e. The van der Waals surface area contributed by atoms with E-state index in [1.54, 1.807) is 18.7 Å². The molecule has 1 aliphatic heterocycles. The lowest BCUT2D eigenvalue weighted by molar-refractivity contribution is -0.133. The Hall–Kier alpha value is -3.35. The molecule has 0 bridgehead atoms. The second kappa shape index (κ2) is 10.6. The Balaban J connectivity index is 1.43. The summed E-state index contributed by atoms with van der Waals surface area (Å²) in [6.07, 6.45) is -0.157. The molecule has 3 rings (SSSR count). The van der Waals surface area contributed by atoms with E-state index in [0.717, 1.165) is 16.8 Å². The molecule has 0 unspecified atom stereocenters. The lowest BCUT2D eigenvalue weighted by Crippen LogP contribution is -2.54. The Kier molecular flexibility index (Phi) is 7.65. The molecule has 0 saturated carbocycles. The first-order chi connectivity index (χ1) is 14.9. The maximum atomic E-state index is 12.7. The van der Waals surface area contributed by atoms with Crippen molar-refractivity contribution in [1.29, 1.82) is 0 Å². The number of carbonyl (C=O) groups is 3. The molecule has 31 heavy (non-hydrogen) atoms. The van der Waals surface area contributed by atoms with Crippen LogP contribution in [-0.2, 0) is 27.4 Å². The van der Waals surface area contributed by atoms with Crippen LogP contribution in [0, 0.1) is 0 Å². The standard InChI is InChI=1S/C24H29N3O4/c1-18(28)16-20-8-10-22(11-9-20)26-12-14-27(15-13-26)23(29)19(2)25-24(30)31-17-21-6-4-3-5-7-21/h3-11,19H,12-17H2,1-2H3,(H,25,30)/t19-/m1/s1. The number of alkyl carbamates (subject to hydrolysis) is 1. The van der Waals surface area contributed by atoms with E-state index in [0.29, 0.717) is 32.6 Å². The summed E-state index contributed by atoms with van der Waals surface area (Å²) in [6, 6.07) is 16.7. The molecular formula is C24H29N3O4. The molecule has 1 heterocycles. The molecule has 1 fully saturated rings. The molecule has 2 aromatic rings. The third kappa shape index (κ3) is 6.57. The van der Waals surface area contributed by atoms with Gasteiger partial charge in [-0.2, -0.15) is 0 Å². The molecule has 7 heteroatoms. The molecule has 164 valence electrons. The normalized spacial score (nSPS) is 14.6. The van der Waals surface area contributed by atoms with E-state index in [1.807, 2.05) is 54.6 Å². The van der Waals surface area contributed by atoms with Crippen LogP contribution in [0.25, 0.3) is 0 Å². The maximum Gasteiger partial charge on any atom is 0.408 e. The van der Waals surface area contributed by atoms with E-state index < -0.39 is 12.1 Å². The number of carbonyl (C=O) groups excluding carboxylic acids is 3. The Morgan fingerprint density at radius 2 is 1.58 bits per heavy atom. The molecule has 1 atom stereocenters. The van der Waals surface area contributed by atoms with E-state index in [2.05, 4.69) is 10.2 Å². The Morgan fingerprint density at radius 1 is 0.935 bits per heavy atom. The number of nitrogens with zero attached hydrogens (tertiary/aromatic N) is 2. The smallest absolute Gasteiger partial charge is 0.408 e. The number of rotatable bonds is 7. The number of Topliss-reactive ketones (excluding diaryl/α,β-unsaturated/α-hetero) is 1. The van der Waals surface area contributed by atoms with E-state index in [-0.39, 0.29) is 18.3 Å². The van der Waals surface area contributed by atoms with E-state index >= 15 is 0 Å². The minimum absolute atomic E-state index is 0.117. The topological polar surface area (TPSA) is 79.0 Å². The summed E-state index contributed by atoms with van der Waals surface area (Å²) in [4.78, 5) is 39.9. The number of piperazine rings is 1. The third-order valence-corrected chi connectivity index (χ3v) is 5.26. The van der Waals surface area contributed by atoms with E-state index in [4.69, 9.17) is 4.74 Å². The van der Waals surface area contributed by atoms with Crippen molar-refractivity contribution in [3.8, 4) is 0 Å². The molecule has 0 radical (unpaired) electrons. The average Bonchev–Trinajstić information content (AvgIpc) is 2.78. The zero-order valence-corrected chi connectivity index (χ0v) is 18.0. The predicted octanol–water partition coefficient (Wildman–Crippen LogP) is 2.78. The van der Waals surface area contributed by atoms with Gasteiger partial charge < -0.3 is 19.9 Å². The van der Waals surface area contributed by atoms with Crippen LogP contribution in [0.4, 0.5) is 10.5 Å². The predicted molar refractivity (Wildman–Crippen MR) is 119 cm³/mol. The first-order valence-corrected chi connectivity index (χ1v) is 10.5. The monoisotopic (exact) mass is 423 g/mol. The minimum atomic E-state index is -0.652. The molecule has 0 spiro atoms. The number of hydrogen-bond donors (Lipinski definition) is 1. The van der Waals surface area contributed by atoms with Gasteiger partial charge in [0.2, 0.25) is 5.91 Å². The number of anilines is 1. The van der Waals surface area contributed by atoms with Crippen molar-refractivity contribution >= 4 is 23.5 Å². The highest BCUT2D eigenvalue weighted by molar-refractivity contribution is 5.85. The van der Waals surface area contributed by atoms with Crippen molar-refractivity contribution in [3.63, 3.8) is 0 Å². The zero-order valence-electron chi connectivity index (χ0n) is 18.0. The van der Waals surface area contributed by atoms with Crippen LogP contribution >= 0.6 is 0 Å². The van der Waals surface area contributed by atoms with Gasteiger partial charge in [0.1, 0.15) is 18.4 Å². The van der Waals surface area contributed by atoms with Crippen molar-refractivity contribution in [1.82, 2.24) is 10.2 Å². The average molecular weight is 424 g/mol. The minimum Gasteiger partial charge on any atom is -0.445 e. The van der Waals surface area contributed by atoms with E-state index in [9.17, 15) is 14.4 Å². The molecule has 1 aliphatic rings. The van der Waals surface area contributed by atoms with Gasteiger partial charge in [0.15, 0.2) is 0 Å². The van der Waals surface area contributed by atoms with Crippen LogP contribution in [0.15, 0.2) is 54.6 Å². The summed E-state index contributed by atoms with van der Waals surface area (Å²) in [5.74, 6) is 0.0275. The van der Waals surface area contributed by atoms with Crippen molar-refractivity contribution < 1.29 is 19.1 Å². The SMILES string of the molecule is CC(=O)Cc1ccc(N2CCN(C(=O)[C@@H](C)NC(=O)OCc3ccccc3)CC2)cc1. The number of ketones is 1. The van der Waals surface area contributed by atoms with Gasteiger partial charge in [0.25, 0.3) is 0 Å². The Morgan fingerprint density at radius 3 is 2.19 bits per heavy atom. The highest BCUT2D eigenvalue weighted by Gasteiger charge is 2.26. The van der Waals surface area contributed by atoms with Gasteiger partial charge in [0, 0.05) is 38.3 Å². The summed E-state index contributed by atoms with van der Waals surface area (Å²) < 4.78 is 5.19. The van der Waals surface area contributed by atoms with Crippen molar-refractivity contribution in [2.75, 3.05) is 31.1 Å². The van der Waals surface area contributed by atoms with Crippen LogP contribution in [0.3, 0.4) is 0 Å². The van der Waals surface area contributed by atoms with Gasteiger partial charge in [0.05, 0.1) is 0 Å². The fourth-order valence-electron chi connectivity index (χ4n) is 3.57. The van der Waals surface area contributed by atoms with Crippen LogP contribution in [0.1, 0.15) is 25.0 Å². The first-order valence-electron chi connectivity index (χ1n) is 10.5. The summed E-state index contributed by atoms with van der Waals surface area (Å²) in [6.45, 7) is 6.01. The van der Waals surface area contributed by atoms with Crippen LogP contribution in [0.2, 0.25) is 0 Å². The van der Waals surface area contributed by atoms with Crippen molar-refractivity contribution in [3.05, 3.63) is 65.7 Å². The second-order valence-corrected chi connectivity index (χ2v) is 7.79. The number of ether oxygens (including phenoxy) is 1. The molecule has 1 saturated heterocycles. The molecule has 2 aromatic carbocycles. The zero-order chi connectivity index (χ0) is 22.2. The summed E-state index contributed by atoms with van der Waals surface area (Å²) in [5.41, 5.74) is 2.97. The molecule has 0 aliphatic carbocycles. The third-order valence-electron chi connectivity index (χ3n) is 5.26. The lowest BCUT2D eigenvalue weighted by atomic mass is 10.1. The summed E-state index contributed by atoms with van der Waals surface area (Å²) >= 11 is 0. The fourth-order valence-corrected chi connectivity index (χ4v) is 3.57. The maximum absolute atomic E-state index is 12.7. The van der Waals surface area contributed by atoms with Crippen molar-refractivity contribution in [2.24, 2.45) is 0 Å². The number of benzene rings is 2. The summed E-state index contributed by atoms with van der Waals surface area (Å²) in [7, 11) is 0. The summed E-state index contributed by atoms with van der Waals surface area (Å²) in [5, 5.41) is 2.62. The van der Waals surface area contributed by atoms with Gasteiger partial charge >= 0.3 is 6.09 Å². The quantitative estimate of drug-likeness (QED) is 0.741. The Labute approximate surface area is 183 Å². The van der Waals surface area contributed by atoms with Gasteiger partial charge in [-0.05, 0) is 37.1 Å². The van der Waals surface area contributed by atoms with Gasteiger partial charge in [-0.1, -0.05) is 42.5 Å². The lowest BCUT2D eigenvalue weighted by Gasteiger charge is -2.37.